The number of para-hydroxylation sites is 2. The normalized spacial score (nSPS) is 11.0. The predicted octanol–water partition coefficient (Wildman–Crippen LogP) is 5.43. The Hall–Kier alpha value is -2.56. The number of thiocarbonyl (C=S) groups is 1. The van der Waals surface area contributed by atoms with Crippen LogP contribution in [0.1, 0.15) is 11.1 Å². The van der Waals surface area contributed by atoms with E-state index in [9.17, 15) is 0 Å². The minimum atomic E-state index is 0.672. The maximum absolute atomic E-state index is 6.42. The molecular weight excluding hydrogens is 362 g/mol. The molecular formula is C21H16ClN3S. The zero-order chi connectivity index (χ0) is 17.9. The van der Waals surface area contributed by atoms with E-state index in [0.29, 0.717) is 11.4 Å². The first-order valence-electron chi connectivity index (χ1n) is 8.33. The summed E-state index contributed by atoms with van der Waals surface area (Å²) in [7, 11) is 0. The number of imidazole rings is 1. The van der Waals surface area contributed by atoms with Crippen LogP contribution in [0.25, 0.3) is 22.4 Å². The smallest absolute Gasteiger partial charge is 0.140 e. The van der Waals surface area contributed by atoms with Crippen molar-refractivity contribution < 1.29 is 0 Å². The van der Waals surface area contributed by atoms with E-state index in [0.717, 1.165) is 44.8 Å². The number of hydrogen-bond donors (Lipinski definition) is 1. The number of fused-ring (bicyclic) bond motifs is 1. The summed E-state index contributed by atoms with van der Waals surface area (Å²) in [5.74, 6) is 0.774. The van der Waals surface area contributed by atoms with Crippen LogP contribution in [0.4, 0.5) is 0 Å². The molecule has 0 aliphatic heterocycles. The Labute approximate surface area is 162 Å². The maximum atomic E-state index is 6.42. The Kier molecular flexibility index (Phi) is 4.78. The van der Waals surface area contributed by atoms with Crippen molar-refractivity contribution in [3.63, 3.8) is 0 Å². The lowest BCUT2D eigenvalue weighted by Crippen LogP contribution is -2.04. The molecule has 2 aromatic heterocycles. The number of hydrogen-bond acceptors (Lipinski definition) is 3. The zero-order valence-corrected chi connectivity index (χ0v) is 15.5. The third-order valence-corrected chi connectivity index (χ3v) is 4.82. The third kappa shape index (κ3) is 3.66. The Morgan fingerprint density at radius 3 is 2.65 bits per heavy atom. The van der Waals surface area contributed by atoms with Gasteiger partial charge in [0.2, 0.25) is 0 Å². The van der Waals surface area contributed by atoms with Gasteiger partial charge >= 0.3 is 0 Å². The summed E-state index contributed by atoms with van der Waals surface area (Å²) in [6.07, 6.45) is 5.08. The fraction of sp³-hybridized carbons (Fsp3) is 0.0952. The van der Waals surface area contributed by atoms with Crippen molar-refractivity contribution in [2.45, 2.75) is 12.8 Å². The van der Waals surface area contributed by atoms with Crippen molar-refractivity contribution in [2.75, 3.05) is 0 Å². The van der Waals surface area contributed by atoms with E-state index in [1.165, 1.54) is 0 Å². The number of aromatic nitrogens is 3. The van der Waals surface area contributed by atoms with Crippen LogP contribution >= 0.6 is 23.8 Å². The standard InChI is InChI=1S/C21H16ClN3S/c22-18-8-7-14(10-16(26)11-15-4-3-9-23-13-15)12-17(18)21-24-19-5-1-2-6-20(19)25-21/h1-9,12-13H,10-11H2,(H,24,25). The van der Waals surface area contributed by atoms with Crippen LogP contribution in [0.5, 0.6) is 0 Å². The summed E-state index contributed by atoms with van der Waals surface area (Å²) >= 11 is 12.0. The van der Waals surface area contributed by atoms with E-state index >= 15 is 0 Å². The molecule has 128 valence electrons. The summed E-state index contributed by atoms with van der Waals surface area (Å²) in [5.41, 5.74) is 5.07. The van der Waals surface area contributed by atoms with Crippen molar-refractivity contribution in [3.05, 3.63) is 83.1 Å². The lowest BCUT2D eigenvalue weighted by atomic mass is 10.0. The summed E-state index contributed by atoms with van der Waals surface area (Å²) in [6, 6.07) is 17.9. The fourth-order valence-corrected chi connectivity index (χ4v) is 3.51. The van der Waals surface area contributed by atoms with Crippen LogP contribution < -0.4 is 0 Å². The first-order valence-corrected chi connectivity index (χ1v) is 9.12. The lowest BCUT2D eigenvalue weighted by molar-refractivity contribution is 1.20. The molecule has 3 nitrogen and oxygen atoms in total. The highest BCUT2D eigenvalue weighted by molar-refractivity contribution is 7.80. The van der Waals surface area contributed by atoms with Gasteiger partial charge in [0, 0.05) is 35.7 Å². The van der Waals surface area contributed by atoms with Gasteiger partial charge in [0.05, 0.1) is 16.1 Å². The van der Waals surface area contributed by atoms with Gasteiger partial charge in [-0.25, -0.2) is 4.98 Å². The van der Waals surface area contributed by atoms with E-state index in [-0.39, 0.29) is 0 Å². The van der Waals surface area contributed by atoms with Crippen molar-refractivity contribution in [2.24, 2.45) is 0 Å². The molecule has 0 bridgehead atoms. The molecule has 0 atom stereocenters. The second-order valence-electron chi connectivity index (χ2n) is 6.17. The van der Waals surface area contributed by atoms with E-state index in [1.807, 2.05) is 54.7 Å². The number of nitrogens with one attached hydrogen (secondary N) is 1. The summed E-state index contributed by atoms with van der Waals surface area (Å²) in [6.45, 7) is 0. The Balaban J connectivity index is 1.59. The van der Waals surface area contributed by atoms with Crippen molar-refractivity contribution in [3.8, 4) is 11.4 Å². The first kappa shape index (κ1) is 16.9. The molecule has 0 fully saturated rings. The second-order valence-corrected chi connectivity index (χ2v) is 7.15. The molecule has 2 heterocycles. The van der Waals surface area contributed by atoms with Gasteiger partial charge in [-0.2, -0.15) is 0 Å². The highest BCUT2D eigenvalue weighted by Crippen LogP contribution is 2.29. The molecule has 0 spiro atoms. The Bertz CT molecular complexity index is 1040. The third-order valence-electron chi connectivity index (χ3n) is 4.20. The Morgan fingerprint density at radius 2 is 1.85 bits per heavy atom. The SMILES string of the molecule is S=C(Cc1cccnc1)Cc1ccc(Cl)c(-c2nc3ccccc3[nH]2)c1. The van der Waals surface area contributed by atoms with Gasteiger partial charge in [0.25, 0.3) is 0 Å². The number of halogens is 1. The number of H-pyrrole nitrogens is 1. The molecule has 0 unspecified atom stereocenters. The van der Waals surface area contributed by atoms with E-state index in [2.05, 4.69) is 21.0 Å². The highest BCUT2D eigenvalue weighted by Gasteiger charge is 2.11. The van der Waals surface area contributed by atoms with Crippen LogP contribution in [-0.4, -0.2) is 19.8 Å². The number of aromatic amines is 1. The zero-order valence-electron chi connectivity index (χ0n) is 13.9. The van der Waals surface area contributed by atoms with Gasteiger partial charge in [0.15, 0.2) is 0 Å². The van der Waals surface area contributed by atoms with Gasteiger partial charge in [-0.3, -0.25) is 4.98 Å². The molecule has 0 saturated heterocycles. The fourth-order valence-electron chi connectivity index (χ4n) is 2.96. The van der Waals surface area contributed by atoms with Gasteiger partial charge < -0.3 is 4.98 Å². The summed E-state index contributed by atoms with van der Waals surface area (Å²) < 4.78 is 0. The van der Waals surface area contributed by atoms with Crippen LogP contribution in [0.2, 0.25) is 5.02 Å². The lowest BCUT2D eigenvalue weighted by Gasteiger charge is -2.07. The summed E-state index contributed by atoms with van der Waals surface area (Å²) in [5, 5.41) is 0.672. The predicted molar refractivity (Wildman–Crippen MR) is 111 cm³/mol. The average molecular weight is 378 g/mol. The largest absolute Gasteiger partial charge is 0.338 e. The monoisotopic (exact) mass is 377 g/mol. The number of pyridine rings is 1. The summed E-state index contributed by atoms with van der Waals surface area (Å²) in [4.78, 5) is 13.1. The number of nitrogens with zero attached hydrogens (tertiary/aromatic N) is 2. The quantitative estimate of drug-likeness (QED) is 0.471. The van der Waals surface area contributed by atoms with Gasteiger partial charge in [-0.05, 0) is 41.5 Å². The van der Waals surface area contributed by atoms with Crippen LogP contribution in [0.3, 0.4) is 0 Å². The van der Waals surface area contributed by atoms with Gasteiger partial charge in [0.1, 0.15) is 5.82 Å². The number of benzene rings is 2. The Morgan fingerprint density at radius 1 is 1.00 bits per heavy atom. The van der Waals surface area contributed by atoms with Crippen LogP contribution in [-0.2, 0) is 12.8 Å². The van der Waals surface area contributed by atoms with Crippen molar-refractivity contribution in [1.82, 2.24) is 15.0 Å². The maximum Gasteiger partial charge on any atom is 0.140 e. The molecule has 0 aliphatic carbocycles. The van der Waals surface area contributed by atoms with Gasteiger partial charge in [-0.1, -0.05) is 48.1 Å². The van der Waals surface area contributed by atoms with E-state index in [1.54, 1.807) is 6.20 Å². The minimum absolute atomic E-state index is 0.672. The minimum Gasteiger partial charge on any atom is -0.338 e. The molecule has 5 heteroatoms. The topological polar surface area (TPSA) is 41.6 Å². The number of rotatable bonds is 5. The molecule has 0 radical (unpaired) electrons. The van der Waals surface area contributed by atoms with E-state index in [4.69, 9.17) is 23.8 Å². The van der Waals surface area contributed by atoms with Crippen molar-refractivity contribution in [1.29, 1.82) is 0 Å². The molecule has 26 heavy (non-hydrogen) atoms. The highest BCUT2D eigenvalue weighted by atomic mass is 35.5. The second kappa shape index (κ2) is 7.36. The molecule has 2 aromatic carbocycles. The molecule has 0 saturated carbocycles. The first-order chi connectivity index (χ1) is 12.7. The molecule has 4 rings (SSSR count). The molecule has 4 aromatic rings. The van der Waals surface area contributed by atoms with E-state index < -0.39 is 0 Å². The molecule has 1 N–H and O–H groups in total. The molecule has 0 aliphatic rings. The van der Waals surface area contributed by atoms with Crippen molar-refractivity contribution >= 4 is 39.7 Å². The van der Waals surface area contributed by atoms with Crippen LogP contribution in [0, 0.1) is 0 Å². The molecule has 0 amide bonds. The average Bonchev–Trinajstić information content (AvgIpc) is 3.08. The van der Waals surface area contributed by atoms with Gasteiger partial charge in [-0.15, -0.1) is 0 Å². The van der Waals surface area contributed by atoms with Crippen LogP contribution in [0.15, 0.2) is 67.0 Å².